The van der Waals surface area contributed by atoms with Gasteiger partial charge < -0.3 is 10.8 Å². The first-order chi connectivity index (χ1) is 9.35. The van der Waals surface area contributed by atoms with Crippen molar-refractivity contribution in [1.29, 1.82) is 0 Å². The lowest BCUT2D eigenvalue weighted by atomic mass is 10.0. The van der Waals surface area contributed by atoms with Crippen molar-refractivity contribution in [2.24, 2.45) is 10.8 Å². The Labute approximate surface area is 128 Å². The highest BCUT2D eigenvalue weighted by Crippen LogP contribution is 2.46. The number of thioether (sulfide) groups is 2. The molecule has 1 fully saturated rings. The molecule has 4 N–H and O–H groups in total. The molecular weight excluding hydrogens is 320 g/mol. The van der Waals surface area contributed by atoms with E-state index in [1.165, 1.54) is 28.4 Å². The van der Waals surface area contributed by atoms with Crippen LogP contribution in [0.5, 0.6) is 0 Å². The van der Waals surface area contributed by atoms with Crippen LogP contribution in [0, 0.1) is 0 Å². The average Bonchev–Trinajstić information content (AvgIpc) is 2.76. The Morgan fingerprint density at radius 2 is 2.40 bits per heavy atom. The number of hydrogen-bond donors (Lipinski definition) is 4. The van der Waals surface area contributed by atoms with E-state index >= 15 is 0 Å². The molecule has 0 bridgehead atoms. The maximum atomic E-state index is 11.9. The Kier molecular flexibility index (Phi) is 3.23. The molecule has 0 aliphatic carbocycles. The number of carboxylic acid groups (broad SMARTS) is 1. The molecule has 3 rings (SSSR count). The van der Waals surface area contributed by atoms with E-state index in [4.69, 9.17) is 5.73 Å². The normalized spacial score (nSPS) is 36.2. The summed E-state index contributed by atoms with van der Waals surface area (Å²) in [4.78, 5) is 24.0. The minimum Gasteiger partial charge on any atom is -0.477 e. The molecule has 3 atom stereocenters. The summed E-state index contributed by atoms with van der Waals surface area (Å²) < 4.78 is 0.531. The number of fused-ring (bicyclic) bond motifs is 1. The number of rotatable bonds is 2. The molecule has 0 spiro atoms. The van der Waals surface area contributed by atoms with E-state index in [1.807, 2.05) is 6.92 Å². The van der Waals surface area contributed by atoms with E-state index in [1.54, 1.807) is 0 Å². The van der Waals surface area contributed by atoms with Crippen LogP contribution < -0.4 is 11.2 Å². The average molecular weight is 332 g/mol. The van der Waals surface area contributed by atoms with Gasteiger partial charge in [-0.05, 0) is 6.92 Å². The van der Waals surface area contributed by atoms with Gasteiger partial charge in [0.05, 0.1) is 0 Å². The molecule has 3 heterocycles. The van der Waals surface area contributed by atoms with Crippen molar-refractivity contribution in [1.82, 2.24) is 10.3 Å². The number of thiol groups is 1. The van der Waals surface area contributed by atoms with Crippen molar-refractivity contribution in [3.8, 4) is 0 Å². The van der Waals surface area contributed by atoms with Crippen LogP contribution in [0.15, 0.2) is 16.4 Å². The van der Waals surface area contributed by atoms with Gasteiger partial charge in [-0.3, -0.25) is 15.1 Å². The van der Waals surface area contributed by atoms with Gasteiger partial charge in [-0.15, -0.1) is 24.4 Å². The summed E-state index contributed by atoms with van der Waals surface area (Å²) >= 11 is 6.96. The maximum absolute atomic E-state index is 11.9. The van der Waals surface area contributed by atoms with E-state index in [0.29, 0.717) is 15.7 Å². The van der Waals surface area contributed by atoms with Gasteiger partial charge >= 0.3 is 5.97 Å². The van der Waals surface area contributed by atoms with E-state index < -0.39 is 16.9 Å². The topological polar surface area (TPSA) is 108 Å². The van der Waals surface area contributed by atoms with Crippen LogP contribution in [0.2, 0.25) is 0 Å². The zero-order valence-electron chi connectivity index (χ0n) is 10.4. The van der Waals surface area contributed by atoms with Gasteiger partial charge in [-0.2, -0.15) is 5.10 Å². The number of carbonyl (C=O) groups excluding carboxylic acids is 1. The number of amides is 1. The third kappa shape index (κ3) is 1.85. The SMILES string of the molecule is CC1(C2=C(C(=O)O)N3C(=O)C(N)[C@H]3SC2)NN=C(S)S1. The third-order valence-electron chi connectivity index (χ3n) is 3.45. The fourth-order valence-electron chi connectivity index (χ4n) is 2.39. The van der Waals surface area contributed by atoms with Gasteiger partial charge in [0, 0.05) is 11.3 Å². The predicted molar refractivity (Wildman–Crippen MR) is 81.3 cm³/mol. The monoisotopic (exact) mass is 332 g/mol. The highest BCUT2D eigenvalue weighted by molar-refractivity contribution is 8.33. The minimum absolute atomic E-state index is 0.0150. The van der Waals surface area contributed by atoms with Crippen LogP contribution in [0.4, 0.5) is 0 Å². The lowest BCUT2D eigenvalue weighted by Crippen LogP contribution is -2.69. The number of aliphatic carboxylic acids is 1. The molecule has 0 aromatic carbocycles. The zero-order valence-corrected chi connectivity index (χ0v) is 12.9. The Morgan fingerprint density at radius 3 is 2.95 bits per heavy atom. The van der Waals surface area contributed by atoms with Gasteiger partial charge in [0.2, 0.25) is 5.91 Å². The number of β-lactam (4-membered cyclic amide) rings is 1. The fourth-order valence-corrected chi connectivity index (χ4v) is 5.37. The van der Waals surface area contributed by atoms with Crippen molar-refractivity contribution in [3.63, 3.8) is 0 Å². The van der Waals surface area contributed by atoms with E-state index in [9.17, 15) is 14.7 Å². The molecule has 1 saturated heterocycles. The molecule has 0 aromatic rings. The van der Waals surface area contributed by atoms with Crippen molar-refractivity contribution < 1.29 is 14.7 Å². The first kappa shape index (κ1) is 14.1. The second-order valence-corrected chi connectivity index (χ2v) is 7.95. The Balaban J connectivity index is 2.03. The van der Waals surface area contributed by atoms with Crippen LogP contribution in [-0.4, -0.2) is 48.3 Å². The zero-order chi connectivity index (χ0) is 14.7. The van der Waals surface area contributed by atoms with E-state index in [0.717, 1.165) is 0 Å². The lowest BCUT2D eigenvalue weighted by Gasteiger charge is -2.49. The number of carbonyl (C=O) groups is 2. The smallest absolute Gasteiger partial charge is 0.352 e. The Morgan fingerprint density at radius 1 is 1.70 bits per heavy atom. The summed E-state index contributed by atoms with van der Waals surface area (Å²) in [6, 6.07) is -0.621. The van der Waals surface area contributed by atoms with Crippen LogP contribution in [0.3, 0.4) is 0 Å². The molecular formula is C10H12N4O3S3. The molecule has 7 nitrogen and oxygen atoms in total. The maximum Gasteiger partial charge on any atom is 0.352 e. The molecule has 0 radical (unpaired) electrons. The van der Waals surface area contributed by atoms with Crippen molar-refractivity contribution >= 4 is 52.4 Å². The highest BCUT2D eigenvalue weighted by Gasteiger charge is 2.54. The summed E-state index contributed by atoms with van der Waals surface area (Å²) in [6.45, 7) is 1.83. The van der Waals surface area contributed by atoms with Gasteiger partial charge in [0.25, 0.3) is 0 Å². The Bertz CT molecular complexity index is 578. The highest BCUT2D eigenvalue weighted by atomic mass is 32.2. The van der Waals surface area contributed by atoms with Crippen molar-refractivity contribution in [3.05, 3.63) is 11.3 Å². The molecule has 0 saturated carbocycles. The number of nitrogens with zero attached hydrogens (tertiary/aromatic N) is 2. The van der Waals surface area contributed by atoms with Crippen LogP contribution in [0.25, 0.3) is 0 Å². The standard InChI is InChI=1S/C10H12N4O3S3/c1-10(13-12-9(18)20-10)3-2-19-7-4(11)6(15)14(7)5(3)8(16)17/h4,7,13H,2,11H2,1H3,(H,12,18)(H,16,17)/t4?,7-,10?/m1/s1. The number of nitrogens with two attached hydrogens (primary N) is 1. The summed E-state index contributed by atoms with van der Waals surface area (Å²) in [5.41, 5.74) is 9.23. The fraction of sp³-hybridized carbons (Fsp3) is 0.500. The second-order valence-electron chi connectivity index (χ2n) is 4.71. The third-order valence-corrected chi connectivity index (χ3v) is 6.14. The molecule has 1 amide bonds. The van der Waals surface area contributed by atoms with Gasteiger partial charge in [-0.1, -0.05) is 11.8 Å². The van der Waals surface area contributed by atoms with Crippen LogP contribution in [-0.2, 0) is 9.59 Å². The minimum atomic E-state index is -1.12. The van der Waals surface area contributed by atoms with E-state index in [-0.39, 0.29) is 17.0 Å². The van der Waals surface area contributed by atoms with Crippen LogP contribution in [0.1, 0.15) is 6.92 Å². The first-order valence-electron chi connectivity index (χ1n) is 5.75. The number of carboxylic acids is 1. The molecule has 3 aliphatic rings. The molecule has 2 unspecified atom stereocenters. The van der Waals surface area contributed by atoms with Gasteiger partial charge in [-0.25, -0.2) is 4.79 Å². The second kappa shape index (κ2) is 4.58. The molecule has 108 valence electrons. The summed E-state index contributed by atoms with van der Waals surface area (Å²) in [6.07, 6.45) is 0. The summed E-state index contributed by atoms with van der Waals surface area (Å²) in [5.74, 6) is -0.992. The molecule has 0 aromatic heterocycles. The summed E-state index contributed by atoms with van der Waals surface area (Å²) in [5, 5.41) is 13.2. The van der Waals surface area contributed by atoms with Crippen molar-refractivity contribution in [2.75, 3.05) is 5.75 Å². The molecule has 20 heavy (non-hydrogen) atoms. The van der Waals surface area contributed by atoms with E-state index in [2.05, 4.69) is 23.2 Å². The summed E-state index contributed by atoms with van der Waals surface area (Å²) in [7, 11) is 0. The predicted octanol–water partition coefficient (Wildman–Crippen LogP) is -0.179. The lowest BCUT2D eigenvalue weighted by molar-refractivity contribution is -0.148. The Hall–Kier alpha value is -0.840. The largest absolute Gasteiger partial charge is 0.477 e. The quantitative estimate of drug-likeness (QED) is 0.410. The number of hydrazone groups is 1. The molecule has 3 aliphatic heterocycles. The van der Waals surface area contributed by atoms with Crippen molar-refractivity contribution in [2.45, 2.75) is 23.2 Å². The van der Waals surface area contributed by atoms with Gasteiger partial charge in [0.15, 0.2) is 0 Å². The number of nitrogens with one attached hydrogen (secondary N) is 1. The van der Waals surface area contributed by atoms with Crippen LogP contribution >= 0.6 is 36.2 Å². The number of hydrogen-bond acceptors (Lipinski definition) is 7. The molecule has 10 heteroatoms. The first-order valence-corrected chi connectivity index (χ1v) is 8.06. The van der Waals surface area contributed by atoms with Gasteiger partial charge in [0.1, 0.15) is 26.4 Å².